The average molecular weight is 280 g/mol. The summed E-state index contributed by atoms with van der Waals surface area (Å²) in [6.07, 6.45) is 1.02. The first-order chi connectivity index (χ1) is 9.35. The molecule has 1 heterocycles. The number of hydrogen-bond donors (Lipinski definition) is 2. The zero-order valence-corrected chi connectivity index (χ0v) is 13.6. The van der Waals surface area contributed by atoms with Crippen LogP contribution in [-0.4, -0.2) is 41.8 Å². The van der Waals surface area contributed by atoms with Gasteiger partial charge in [0.2, 0.25) is 0 Å². The van der Waals surface area contributed by atoms with Gasteiger partial charge in [-0.2, -0.15) is 0 Å². The van der Waals surface area contributed by atoms with Crippen molar-refractivity contribution in [1.82, 2.24) is 9.97 Å². The quantitative estimate of drug-likeness (QED) is 0.837. The molecule has 0 aliphatic carbocycles. The summed E-state index contributed by atoms with van der Waals surface area (Å²) in [4.78, 5) is 11.5. The molecule has 0 saturated heterocycles. The molecule has 0 aliphatic rings. The molecule has 1 aromatic heterocycles. The molecule has 114 valence electrons. The molecule has 0 fully saturated rings. The second-order valence-corrected chi connectivity index (χ2v) is 6.06. The van der Waals surface area contributed by atoms with Crippen molar-refractivity contribution in [2.45, 2.75) is 46.5 Å². The first-order valence-electron chi connectivity index (χ1n) is 7.27. The molecule has 20 heavy (non-hydrogen) atoms. The fourth-order valence-electron chi connectivity index (χ4n) is 2.11. The van der Waals surface area contributed by atoms with Gasteiger partial charge in [0.15, 0.2) is 0 Å². The van der Waals surface area contributed by atoms with Crippen molar-refractivity contribution in [2.24, 2.45) is 0 Å². The number of hydrogen-bond acceptors (Lipinski definition) is 5. The van der Waals surface area contributed by atoms with E-state index in [4.69, 9.17) is 4.98 Å². The molecule has 2 N–H and O–H groups in total. The number of anilines is 2. The number of aliphatic hydroxyl groups is 1. The van der Waals surface area contributed by atoms with Crippen LogP contribution in [0.2, 0.25) is 0 Å². The van der Waals surface area contributed by atoms with Crippen molar-refractivity contribution in [3.63, 3.8) is 0 Å². The Kier molecular flexibility index (Phi) is 5.74. The first kappa shape index (κ1) is 16.7. The molecule has 1 rings (SSSR count). The Hall–Kier alpha value is -1.36. The fraction of sp³-hybridized carbons (Fsp3) is 0.733. The second-order valence-electron chi connectivity index (χ2n) is 6.06. The Morgan fingerprint density at radius 1 is 1.20 bits per heavy atom. The molecule has 1 aromatic rings. The summed E-state index contributed by atoms with van der Waals surface area (Å²) in [5, 5.41) is 12.4. The van der Waals surface area contributed by atoms with Crippen LogP contribution < -0.4 is 10.2 Å². The van der Waals surface area contributed by atoms with Gasteiger partial charge in [0, 0.05) is 31.1 Å². The molecule has 0 aliphatic heterocycles. The Bertz CT molecular complexity index is 434. The predicted molar refractivity (Wildman–Crippen MR) is 84.6 cm³/mol. The van der Waals surface area contributed by atoms with Crippen molar-refractivity contribution >= 4 is 11.6 Å². The average Bonchev–Trinajstić information content (AvgIpc) is 2.37. The Balaban J connectivity index is 3.34. The minimum absolute atomic E-state index is 0.106. The van der Waals surface area contributed by atoms with Crippen LogP contribution in [0.5, 0.6) is 0 Å². The molecule has 5 heteroatoms. The molecule has 0 spiro atoms. The number of nitrogens with zero attached hydrogens (tertiary/aromatic N) is 3. The van der Waals surface area contributed by atoms with E-state index in [0.29, 0.717) is 6.54 Å². The van der Waals surface area contributed by atoms with Crippen LogP contribution >= 0.6 is 0 Å². The number of nitrogens with one attached hydrogen (secondary N) is 1. The summed E-state index contributed by atoms with van der Waals surface area (Å²) in [5.41, 5.74) is 0.924. The minimum Gasteiger partial charge on any atom is -0.395 e. The predicted octanol–water partition coefficient (Wildman–Crippen LogP) is 2.33. The minimum atomic E-state index is -0.106. The van der Waals surface area contributed by atoms with Gasteiger partial charge >= 0.3 is 0 Å². The highest BCUT2D eigenvalue weighted by Gasteiger charge is 2.22. The molecule has 0 unspecified atom stereocenters. The lowest BCUT2D eigenvalue weighted by Crippen LogP contribution is -2.31. The Morgan fingerprint density at radius 3 is 2.30 bits per heavy atom. The molecule has 0 aromatic carbocycles. The van der Waals surface area contributed by atoms with E-state index in [9.17, 15) is 5.11 Å². The topological polar surface area (TPSA) is 61.3 Å². The van der Waals surface area contributed by atoms with Crippen molar-refractivity contribution in [3.05, 3.63) is 11.4 Å². The lowest BCUT2D eigenvalue weighted by atomic mass is 9.95. The normalized spacial score (nSPS) is 11.6. The zero-order valence-electron chi connectivity index (χ0n) is 13.6. The summed E-state index contributed by atoms with van der Waals surface area (Å²) in [6.45, 7) is 12.1. The van der Waals surface area contributed by atoms with Crippen LogP contribution in [0.15, 0.2) is 0 Å². The summed E-state index contributed by atoms with van der Waals surface area (Å²) in [7, 11) is 1.88. The summed E-state index contributed by atoms with van der Waals surface area (Å²) in [5.74, 6) is 2.60. The number of rotatable bonds is 6. The molecule has 0 bridgehead atoms. The highest BCUT2D eigenvalue weighted by Crippen LogP contribution is 2.28. The van der Waals surface area contributed by atoms with Crippen LogP contribution in [0.1, 0.15) is 45.5 Å². The lowest BCUT2D eigenvalue weighted by molar-refractivity contribution is 0.301. The van der Waals surface area contributed by atoms with Crippen molar-refractivity contribution in [2.75, 3.05) is 37.0 Å². The van der Waals surface area contributed by atoms with Crippen LogP contribution in [-0.2, 0) is 5.41 Å². The fourth-order valence-corrected chi connectivity index (χ4v) is 2.11. The van der Waals surface area contributed by atoms with E-state index in [1.54, 1.807) is 0 Å². The second kappa shape index (κ2) is 6.88. The third-order valence-electron chi connectivity index (χ3n) is 3.19. The van der Waals surface area contributed by atoms with Gasteiger partial charge in [0.05, 0.1) is 6.61 Å². The van der Waals surface area contributed by atoms with Gasteiger partial charge in [0.1, 0.15) is 17.5 Å². The van der Waals surface area contributed by atoms with Gasteiger partial charge in [0.25, 0.3) is 0 Å². The standard InChI is InChI=1S/C15H28N4O/c1-7-8-19(9-10-20)13-11(2)12(16-6)17-14(18-13)15(3,4)5/h20H,7-10H2,1-6H3,(H,16,17,18). The third-order valence-corrected chi connectivity index (χ3v) is 3.19. The van der Waals surface area contributed by atoms with Crippen LogP contribution in [0.25, 0.3) is 0 Å². The van der Waals surface area contributed by atoms with E-state index in [1.807, 2.05) is 14.0 Å². The molecule has 0 saturated carbocycles. The summed E-state index contributed by atoms with van der Waals surface area (Å²) < 4.78 is 0. The van der Waals surface area contributed by atoms with E-state index in [0.717, 1.165) is 36.0 Å². The van der Waals surface area contributed by atoms with E-state index in [2.05, 4.69) is 42.9 Å². The highest BCUT2D eigenvalue weighted by molar-refractivity contribution is 5.58. The summed E-state index contributed by atoms with van der Waals surface area (Å²) >= 11 is 0. The van der Waals surface area contributed by atoms with E-state index in [1.165, 1.54) is 0 Å². The van der Waals surface area contributed by atoms with Gasteiger partial charge < -0.3 is 15.3 Å². The van der Waals surface area contributed by atoms with E-state index in [-0.39, 0.29) is 12.0 Å². The monoisotopic (exact) mass is 280 g/mol. The van der Waals surface area contributed by atoms with Crippen molar-refractivity contribution in [1.29, 1.82) is 0 Å². The SMILES string of the molecule is CCCN(CCO)c1nc(C(C)(C)C)nc(NC)c1C. The highest BCUT2D eigenvalue weighted by atomic mass is 16.3. The van der Waals surface area contributed by atoms with Crippen molar-refractivity contribution < 1.29 is 5.11 Å². The van der Waals surface area contributed by atoms with Gasteiger partial charge in [-0.1, -0.05) is 27.7 Å². The first-order valence-corrected chi connectivity index (χ1v) is 7.27. The van der Waals surface area contributed by atoms with Crippen LogP contribution in [0.4, 0.5) is 11.6 Å². The summed E-state index contributed by atoms with van der Waals surface area (Å²) in [6, 6.07) is 0. The zero-order chi connectivity index (χ0) is 15.3. The maximum absolute atomic E-state index is 9.27. The number of aliphatic hydroxyl groups excluding tert-OH is 1. The van der Waals surface area contributed by atoms with Gasteiger partial charge in [-0.25, -0.2) is 9.97 Å². The molecule has 0 radical (unpaired) electrons. The lowest BCUT2D eigenvalue weighted by Gasteiger charge is -2.27. The maximum Gasteiger partial charge on any atom is 0.138 e. The molecular weight excluding hydrogens is 252 g/mol. The molecule has 0 amide bonds. The molecule has 0 atom stereocenters. The Morgan fingerprint density at radius 2 is 1.85 bits per heavy atom. The maximum atomic E-state index is 9.27. The van der Waals surface area contributed by atoms with Crippen LogP contribution in [0.3, 0.4) is 0 Å². The van der Waals surface area contributed by atoms with Crippen LogP contribution in [0, 0.1) is 6.92 Å². The number of aromatic nitrogens is 2. The third kappa shape index (κ3) is 3.82. The Labute approximate surface area is 122 Å². The van der Waals surface area contributed by atoms with Gasteiger partial charge in [-0.15, -0.1) is 0 Å². The molecule has 5 nitrogen and oxygen atoms in total. The smallest absolute Gasteiger partial charge is 0.138 e. The van der Waals surface area contributed by atoms with E-state index < -0.39 is 0 Å². The molecular formula is C15H28N4O. The van der Waals surface area contributed by atoms with Crippen molar-refractivity contribution in [3.8, 4) is 0 Å². The van der Waals surface area contributed by atoms with E-state index >= 15 is 0 Å². The van der Waals surface area contributed by atoms with Gasteiger partial charge in [-0.3, -0.25) is 0 Å². The van der Waals surface area contributed by atoms with Gasteiger partial charge in [-0.05, 0) is 13.3 Å². The largest absolute Gasteiger partial charge is 0.395 e.